The van der Waals surface area contributed by atoms with Crippen molar-refractivity contribution in [2.45, 2.75) is 207 Å². The molecule has 2 aromatic carbocycles. The predicted molar refractivity (Wildman–Crippen MR) is 521 cm³/mol. The number of pyridine rings is 1. The molecule has 1 aliphatic carbocycles. The number of benzene rings is 2. The van der Waals surface area contributed by atoms with Gasteiger partial charge in [0.2, 0.25) is 0 Å². The molecular formula is C75H137B6N19O36S6. The average Bonchev–Trinajstić information content (AvgIpc) is 1.64. The van der Waals surface area contributed by atoms with Gasteiger partial charge in [0.15, 0.2) is 0 Å². The third kappa shape index (κ3) is 37.4. The molecule has 6 saturated heterocycles. The van der Waals surface area contributed by atoms with Crippen molar-refractivity contribution in [3.63, 3.8) is 0 Å². The maximum atomic E-state index is 12.5. The van der Waals surface area contributed by atoms with Crippen LogP contribution in [-0.4, -0.2) is 381 Å². The van der Waals surface area contributed by atoms with E-state index in [9.17, 15) is 110 Å². The van der Waals surface area contributed by atoms with Crippen LogP contribution in [0.1, 0.15) is 123 Å². The lowest BCUT2D eigenvalue weighted by atomic mass is 9.78. The van der Waals surface area contributed by atoms with Crippen LogP contribution in [0.3, 0.4) is 0 Å². The van der Waals surface area contributed by atoms with Crippen molar-refractivity contribution in [3.05, 3.63) is 90.6 Å². The van der Waals surface area contributed by atoms with Gasteiger partial charge in [0.1, 0.15) is 39.1 Å². The highest BCUT2D eigenvalue weighted by molar-refractivity contribution is 7.91. The van der Waals surface area contributed by atoms with Gasteiger partial charge >= 0.3 is 98.9 Å². The van der Waals surface area contributed by atoms with Crippen molar-refractivity contribution in [2.24, 2.45) is 69.9 Å². The Hall–Kier alpha value is -7.02. The Bertz CT molecular complexity index is 5070. The van der Waals surface area contributed by atoms with Crippen molar-refractivity contribution in [1.82, 2.24) is 49.7 Å². The largest absolute Gasteiger partial charge is 0.480 e. The fourth-order valence-electron chi connectivity index (χ4n) is 16.7. The normalized spacial score (nSPS) is 25.7. The highest BCUT2D eigenvalue weighted by atomic mass is 32.2. The Labute approximate surface area is 828 Å². The molecule has 36 N–H and O–H groups in total. The second-order valence-electron chi connectivity index (χ2n) is 36.7. The number of carbonyl (C=O) groups is 6. The van der Waals surface area contributed by atoms with E-state index in [1.807, 2.05) is 13.0 Å². The first-order valence-corrected chi connectivity index (χ1v) is 54.3. The number of aromatic nitrogens is 1. The number of hydrogen-bond donors (Lipinski definition) is 30. The number of carboxylic acids is 6. The van der Waals surface area contributed by atoms with Crippen molar-refractivity contribution in [1.29, 1.82) is 0 Å². The second kappa shape index (κ2) is 54.8. The smallest absolute Gasteiger partial charge is 0.451 e. The number of nitrogens with two attached hydrogens (primary N) is 6. The number of aliphatic carboxylic acids is 6. The molecule has 7 heterocycles. The predicted octanol–water partition coefficient (Wildman–Crippen LogP) is -8.65. The van der Waals surface area contributed by atoms with Crippen LogP contribution in [0.2, 0.25) is 37.9 Å². The molecule has 0 amide bonds. The van der Waals surface area contributed by atoms with Crippen molar-refractivity contribution in [2.75, 3.05) is 94.5 Å². The maximum Gasteiger partial charge on any atom is 0.451 e. The lowest BCUT2D eigenvalue weighted by Gasteiger charge is -2.25. The van der Waals surface area contributed by atoms with Gasteiger partial charge in [0.05, 0.1) is 0 Å². The fourth-order valence-corrected chi connectivity index (χ4v) is 25.0. The Kier molecular flexibility index (Phi) is 48.4. The summed E-state index contributed by atoms with van der Waals surface area (Å²) in [6.45, 7) is 3.42. The van der Waals surface area contributed by atoms with E-state index in [0.29, 0.717) is 69.9 Å². The zero-order valence-electron chi connectivity index (χ0n) is 78.9. The summed E-state index contributed by atoms with van der Waals surface area (Å²) in [5, 5.41) is 163. The van der Waals surface area contributed by atoms with Crippen molar-refractivity contribution in [3.8, 4) is 0 Å². The minimum atomic E-state index is -4.01. The topological polar surface area (TPSA) is 932 Å². The van der Waals surface area contributed by atoms with Crippen molar-refractivity contribution < 1.29 is 170 Å². The first-order valence-electron chi connectivity index (χ1n) is 45.6. The quantitative estimate of drug-likeness (QED) is 0.0233. The highest BCUT2D eigenvalue weighted by Crippen LogP contribution is 2.39. The summed E-state index contributed by atoms with van der Waals surface area (Å²) >= 11 is 0. The first kappa shape index (κ1) is 125. The Morgan fingerprint density at radius 3 is 0.887 bits per heavy atom. The molecule has 0 bridgehead atoms. The minimum Gasteiger partial charge on any atom is -0.480 e. The van der Waals surface area contributed by atoms with E-state index in [1.165, 1.54) is 12.3 Å². The van der Waals surface area contributed by atoms with Crippen LogP contribution in [0, 0.1) is 35.5 Å². The van der Waals surface area contributed by atoms with Crippen LogP contribution >= 0.6 is 0 Å². The number of nitrogens with zero attached hydrogens (tertiary/aromatic N) is 7. The summed E-state index contributed by atoms with van der Waals surface area (Å²) in [6, 6.07) is 21.6. The van der Waals surface area contributed by atoms with Gasteiger partial charge < -0.3 is 125 Å². The van der Waals surface area contributed by atoms with E-state index in [-0.39, 0.29) is 167 Å². The molecule has 10 rings (SSSR count). The summed E-state index contributed by atoms with van der Waals surface area (Å²) in [4.78, 5) is 73.1. The monoisotopic (exact) mass is 2140 g/mol. The highest BCUT2D eigenvalue weighted by Gasteiger charge is 2.59. The molecular weight excluding hydrogens is 2000 g/mol. The molecule has 6 aliphatic heterocycles. The van der Waals surface area contributed by atoms with E-state index >= 15 is 0 Å². The number of rotatable bonds is 50. The molecule has 12 atom stereocenters. The van der Waals surface area contributed by atoms with Crippen molar-refractivity contribution >= 4 is 151 Å². The summed E-state index contributed by atoms with van der Waals surface area (Å²) in [5.74, 6) is -11.1. The number of para-hydroxylation sites is 1. The lowest BCUT2D eigenvalue weighted by molar-refractivity contribution is -0.145. The van der Waals surface area contributed by atoms with Gasteiger partial charge in [0.25, 0.3) is 40.8 Å². The zero-order chi connectivity index (χ0) is 107. The zero-order valence-corrected chi connectivity index (χ0v) is 83.8. The molecule has 0 radical (unpaired) electrons. The van der Waals surface area contributed by atoms with Gasteiger partial charge in [-0.2, -0.15) is 90.5 Å². The molecule has 3 aromatic rings. The second-order valence-corrected chi connectivity index (χ2v) is 46.9. The van der Waals surface area contributed by atoms with E-state index < -0.39 is 209 Å². The molecule has 0 unspecified atom stereocenters. The molecule has 802 valence electrons. The maximum absolute atomic E-state index is 12.5. The SMILES string of the molecule is CC(C)NS(=O)(=O)N1C[C@H](CCCB(O)O)[C@](N)(C(=O)O)C1.CCCNS(=O)(=O)N1C[C@H](CCCB(O)O)[C@](N)(C(=O)O)C1.N[C@@]1(C(=O)O)CN(S(=O)(=O)NC2CC2)C[C@@H]1CCCB(O)O.N[C@@]1(C(=O)O)CN(S(=O)(=O)NCc2ccccc2)C[C@@H]1CCCB(O)O.N[C@@]1(C(=O)O)CN(S(=O)(=O)Nc2ccccc2)C[C@@H]1CCCB(O)O.N[C@@]1(C(=O)O)CN(S(=O)(=O)Nc2ccccn2)C[C@@H]1CCCB(O)O. The fraction of sp³-hybridized carbons (Fsp3) is 0.693. The summed E-state index contributed by atoms with van der Waals surface area (Å²) in [5.41, 5.74) is 26.7. The Morgan fingerprint density at radius 1 is 0.366 bits per heavy atom. The van der Waals surface area contributed by atoms with Crippen LogP contribution < -0.4 is 62.7 Å². The van der Waals surface area contributed by atoms with E-state index in [4.69, 9.17) is 94.7 Å². The van der Waals surface area contributed by atoms with Gasteiger partial charge in [-0.3, -0.25) is 38.2 Å². The number of nitrogens with one attached hydrogen (secondary N) is 6. The van der Waals surface area contributed by atoms with Crippen LogP contribution in [0.25, 0.3) is 0 Å². The molecule has 55 nitrogen and oxygen atoms in total. The number of carboxylic acid groups (broad SMARTS) is 6. The van der Waals surface area contributed by atoms with Crippen LogP contribution in [0.15, 0.2) is 85.1 Å². The van der Waals surface area contributed by atoms with Gasteiger partial charge in [-0.25, -0.2) is 9.71 Å². The van der Waals surface area contributed by atoms with Gasteiger partial charge in [-0.15, -0.1) is 0 Å². The summed E-state index contributed by atoms with van der Waals surface area (Å²) < 4.78 is 169. The summed E-state index contributed by atoms with van der Waals surface area (Å²) in [6.07, 6.45) is 7.88. The average molecular weight is 2140 g/mol. The number of hydrogen-bond acceptors (Lipinski definition) is 37. The standard InChI is InChI=1S/C15H24BN3O6S.C14H22BN3O6S.C13H21BN4O6S.C11H22BN3O6S.2C11H24BN3O6S/c17-15(14(20)21)11-19(10-13(15)7-4-8-16(22)23)26(24,25)18-9-12-5-2-1-3-6-12;16-14(13(19)20)10-18(9-11(14)5-4-8-15(21)22)25(23,24)17-12-6-2-1-3-7-12;15-13(12(19)20)9-18(8-10(13)4-3-6-14(21)22)25(23,24)17-11-5-1-2-7-16-11;13-11(10(16)17)7-15(22(20,21)14-9-3-4-9)6-8(11)2-1-5-12(18)19;1-8(2)14-22(20,21)15-6-9(4-3-5-12(18)19)11(13,7-15)10(16)17;1-2-6-14-22(20,21)15-7-9(4-3-5-12(18)19)11(13,8-15)10(16)17/h1-3,5-6,13,18,22-23H,4,7-11,17H2,(H,20,21);1-3,6-7,11,17,21-22H,4-5,8-10,16H2,(H,19,20);1-2,5,7,10,21-22H,3-4,6,8-9,15H2,(H,16,17)(H,19,20);8-9,14,18-19H,1-7,13H2,(H,16,17);8-9,14,18-19H,3-7,13H2,1-2H3,(H,16,17);9,14,18-19H,2-8,13H2,1H3,(H,16,17)/t13-,15-;11-,14-;10-,13-;8-,11-;2*9-,11-/m000000/s1. The van der Waals surface area contributed by atoms with Gasteiger partial charge in [-0.1, -0.05) is 100 Å². The molecule has 7 aliphatic rings. The lowest BCUT2D eigenvalue weighted by Crippen LogP contribution is -2.55. The first-order chi connectivity index (χ1) is 65.7. The molecule has 1 saturated carbocycles. The molecule has 67 heteroatoms. The Balaban J connectivity index is 0.000000301. The van der Waals surface area contributed by atoms with Gasteiger partial charge in [-0.05, 0) is 139 Å². The molecule has 1 aromatic heterocycles. The third-order valence-corrected chi connectivity index (χ3v) is 34.3. The van der Waals surface area contributed by atoms with E-state index in [1.54, 1.807) is 80.6 Å². The van der Waals surface area contributed by atoms with Gasteiger partial charge in [0, 0.05) is 151 Å². The third-order valence-electron chi connectivity index (χ3n) is 25.1. The van der Waals surface area contributed by atoms with Crippen LogP contribution in [0.5, 0.6) is 0 Å². The van der Waals surface area contributed by atoms with Crippen LogP contribution in [0.4, 0.5) is 11.5 Å². The molecule has 142 heavy (non-hydrogen) atoms. The van der Waals surface area contributed by atoms with E-state index in [0.717, 1.165) is 44.2 Å². The molecule has 0 spiro atoms. The van der Waals surface area contributed by atoms with E-state index in [2.05, 4.69) is 33.3 Å². The van der Waals surface area contributed by atoms with Crippen LogP contribution in [-0.2, 0) is 96.6 Å². The molecule has 7 fully saturated rings. The minimum absolute atomic E-state index is 0.00334. The Morgan fingerprint density at radius 2 is 0.627 bits per heavy atom. The number of anilines is 2. The summed E-state index contributed by atoms with van der Waals surface area (Å²) in [7, 11) is -32.0.